The van der Waals surface area contributed by atoms with Gasteiger partial charge in [-0.2, -0.15) is 0 Å². The summed E-state index contributed by atoms with van der Waals surface area (Å²) in [7, 11) is -4.08. The summed E-state index contributed by atoms with van der Waals surface area (Å²) in [4.78, 5) is 11.9. The van der Waals surface area contributed by atoms with E-state index >= 15 is 0 Å². The van der Waals surface area contributed by atoms with Gasteiger partial charge in [-0.05, 0) is 18.9 Å². The highest BCUT2D eigenvalue weighted by molar-refractivity contribution is 6.60. The highest BCUT2D eigenvalue weighted by Crippen LogP contribution is 2.12. The zero-order chi connectivity index (χ0) is 17.3. The molecule has 0 aromatic heterocycles. The fraction of sp³-hybridized carbons (Fsp3) is 0.933. The number of unbranched alkanes of at least 4 members (excludes halogenated alkanes) is 8. The van der Waals surface area contributed by atoms with E-state index in [1.54, 1.807) is 0 Å². The van der Waals surface area contributed by atoms with Crippen LogP contribution in [0.5, 0.6) is 0 Å². The van der Waals surface area contributed by atoms with Crippen LogP contribution >= 0.6 is 0 Å². The Balaban J connectivity index is 1.87. The minimum atomic E-state index is -1.57. The van der Waals surface area contributed by atoms with Crippen molar-refractivity contribution in [2.45, 2.75) is 90.0 Å². The van der Waals surface area contributed by atoms with Crippen LogP contribution in [0.4, 0.5) is 0 Å². The lowest BCUT2D eigenvalue weighted by molar-refractivity contribution is -0.119. The average Bonchev–Trinajstić information content (AvgIpc) is 2.55. The predicted molar refractivity (Wildman–Crippen MR) is 108 cm³/mol. The molecule has 0 saturated carbocycles. The maximum Gasteiger partial charge on any atom is 0.303 e. The lowest BCUT2D eigenvalue weighted by Gasteiger charge is -2.20. The zero-order valence-electron chi connectivity index (χ0n) is 15.4. The Kier molecular flexibility index (Phi) is 15.7. The van der Waals surface area contributed by atoms with Gasteiger partial charge < -0.3 is 16.5 Å². The van der Waals surface area contributed by atoms with Gasteiger partial charge in [0.15, 0.2) is 0 Å². The van der Waals surface area contributed by atoms with E-state index in [4.69, 9.17) is 16.5 Å². The van der Waals surface area contributed by atoms with Crippen molar-refractivity contribution in [3.8, 4) is 0 Å². The van der Waals surface area contributed by atoms with Gasteiger partial charge in [-0.1, -0.05) is 58.3 Å². The van der Waals surface area contributed by atoms with E-state index in [0.29, 0.717) is 12.2 Å². The van der Waals surface area contributed by atoms with Crippen LogP contribution in [-0.2, 0) is 21.3 Å². The Morgan fingerprint density at radius 2 is 1.29 bits per heavy atom. The SMILES string of the molecule is CCCCCCCCCCCC(=O)CCC[SiH]1O[SiH2]O[SiH2]O[SiH2]O1. The number of Topliss-reactive ketones (excluding diaryl/α,β-unsaturated/α-hetero) is 1. The van der Waals surface area contributed by atoms with Gasteiger partial charge in [0, 0.05) is 12.8 Å². The molecule has 5 nitrogen and oxygen atoms in total. The maximum absolute atomic E-state index is 11.9. The van der Waals surface area contributed by atoms with Gasteiger partial charge in [-0.15, -0.1) is 0 Å². The first kappa shape index (κ1) is 22.4. The van der Waals surface area contributed by atoms with E-state index < -0.39 is 39.3 Å². The lowest BCUT2D eigenvalue weighted by atomic mass is 10.0. The van der Waals surface area contributed by atoms with Crippen molar-refractivity contribution in [2.75, 3.05) is 0 Å². The molecule has 0 aliphatic carbocycles. The molecule has 0 amide bonds. The molecule has 0 radical (unpaired) electrons. The zero-order valence-corrected chi connectivity index (χ0v) is 20.8. The third kappa shape index (κ3) is 13.6. The molecule has 1 aliphatic heterocycles. The summed E-state index contributed by atoms with van der Waals surface area (Å²) in [6.07, 6.45) is 14.1. The van der Waals surface area contributed by atoms with Gasteiger partial charge in [0.05, 0.1) is 0 Å². The number of carbonyl (C=O) groups excluding carboxylic acids is 1. The summed E-state index contributed by atoms with van der Waals surface area (Å²) in [5.74, 6) is 0.409. The summed E-state index contributed by atoms with van der Waals surface area (Å²) in [6, 6.07) is 0.928. The van der Waals surface area contributed by atoms with Crippen molar-refractivity contribution < 1.29 is 21.3 Å². The Morgan fingerprint density at radius 3 is 1.92 bits per heavy atom. The van der Waals surface area contributed by atoms with Crippen molar-refractivity contribution in [1.82, 2.24) is 0 Å². The second kappa shape index (κ2) is 16.8. The van der Waals surface area contributed by atoms with Crippen molar-refractivity contribution >= 4 is 45.1 Å². The lowest BCUT2D eigenvalue weighted by Crippen LogP contribution is -2.33. The van der Waals surface area contributed by atoms with Gasteiger partial charge in [-0.3, -0.25) is 4.79 Å². The minimum Gasteiger partial charge on any atom is -0.425 e. The van der Waals surface area contributed by atoms with Crippen LogP contribution < -0.4 is 0 Å². The van der Waals surface area contributed by atoms with Crippen LogP contribution in [0.15, 0.2) is 0 Å². The molecule has 0 atom stereocenters. The predicted octanol–water partition coefficient (Wildman–Crippen LogP) is 1.55. The second-order valence-electron chi connectivity index (χ2n) is 6.53. The van der Waals surface area contributed by atoms with E-state index in [9.17, 15) is 4.79 Å². The Hall–Kier alpha value is 0.378. The van der Waals surface area contributed by atoms with E-state index in [2.05, 4.69) is 6.92 Å². The summed E-state index contributed by atoms with van der Waals surface area (Å²) in [5, 5.41) is 0. The van der Waals surface area contributed by atoms with Crippen molar-refractivity contribution in [3.63, 3.8) is 0 Å². The molecule has 0 bridgehead atoms. The van der Waals surface area contributed by atoms with Crippen molar-refractivity contribution in [2.24, 2.45) is 0 Å². The quantitative estimate of drug-likeness (QED) is 0.322. The Morgan fingerprint density at radius 1 is 0.750 bits per heavy atom. The molecule has 0 aromatic carbocycles. The van der Waals surface area contributed by atoms with Crippen LogP contribution in [0.3, 0.4) is 0 Å². The van der Waals surface area contributed by atoms with E-state index in [1.165, 1.54) is 51.4 Å². The molecule has 1 aliphatic rings. The minimum absolute atomic E-state index is 0.409. The highest BCUT2D eigenvalue weighted by Gasteiger charge is 2.16. The molecular formula is C15H36O5Si4. The standard InChI is InChI=1S/C15H36O5Si4/c1-2-3-4-5-6-7-8-9-10-12-15(16)13-11-14-24-19-22-17-21-18-23-20-24/h24H,2-14,21-23H2,1H3. The Labute approximate surface area is 156 Å². The third-order valence-electron chi connectivity index (χ3n) is 4.30. The van der Waals surface area contributed by atoms with Gasteiger partial charge in [0.1, 0.15) is 5.78 Å². The number of ketones is 1. The van der Waals surface area contributed by atoms with Crippen LogP contribution in [-0.4, -0.2) is 45.1 Å². The molecule has 0 unspecified atom stereocenters. The van der Waals surface area contributed by atoms with Crippen LogP contribution in [0.2, 0.25) is 6.04 Å². The molecule has 1 fully saturated rings. The molecule has 0 N–H and O–H groups in total. The number of carbonyl (C=O) groups is 1. The molecular weight excluding hydrogens is 373 g/mol. The first-order valence-corrected chi connectivity index (χ1v) is 15.0. The first-order chi connectivity index (χ1) is 11.8. The average molecular weight is 409 g/mol. The van der Waals surface area contributed by atoms with E-state index in [0.717, 1.165) is 25.3 Å². The number of hydrogen-bond acceptors (Lipinski definition) is 5. The summed E-state index contributed by atoms with van der Waals surface area (Å²) < 4.78 is 22.3. The van der Waals surface area contributed by atoms with Gasteiger partial charge >= 0.3 is 9.28 Å². The summed E-state index contributed by atoms with van der Waals surface area (Å²) in [6.45, 7) is 2.25. The second-order valence-corrected chi connectivity index (χ2v) is 14.6. The fourth-order valence-electron chi connectivity index (χ4n) is 2.81. The first-order valence-electron chi connectivity index (χ1n) is 9.73. The topological polar surface area (TPSA) is 54.0 Å². The molecule has 1 rings (SSSR count). The number of rotatable bonds is 14. The summed E-state index contributed by atoms with van der Waals surface area (Å²) >= 11 is 0. The maximum atomic E-state index is 11.9. The van der Waals surface area contributed by atoms with Crippen LogP contribution in [0, 0.1) is 0 Å². The molecule has 24 heavy (non-hydrogen) atoms. The molecule has 9 heteroatoms. The molecule has 0 aromatic rings. The van der Waals surface area contributed by atoms with Gasteiger partial charge in [0.25, 0.3) is 30.0 Å². The van der Waals surface area contributed by atoms with Gasteiger partial charge in [0.2, 0.25) is 0 Å². The monoisotopic (exact) mass is 408 g/mol. The Bertz CT molecular complexity index is 302. The summed E-state index contributed by atoms with van der Waals surface area (Å²) in [5.41, 5.74) is 0. The van der Waals surface area contributed by atoms with Crippen LogP contribution in [0.25, 0.3) is 0 Å². The molecule has 1 heterocycles. The smallest absolute Gasteiger partial charge is 0.303 e. The van der Waals surface area contributed by atoms with E-state index in [1.807, 2.05) is 0 Å². The largest absolute Gasteiger partial charge is 0.425 e. The molecule has 0 spiro atoms. The van der Waals surface area contributed by atoms with E-state index in [-0.39, 0.29) is 0 Å². The van der Waals surface area contributed by atoms with Crippen molar-refractivity contribution in [1.29, 1.82) is 0 Å². The molecule has 1 saturated heterocycles. The number of hydrogen-bond donors (Lipinski definition) is 0. The normalized spacial score (nSPS) is 22.0. The highest BCUT2D eigenvalue weighted by atomic mass is 28.4. The van der Waals surface area contributed by atoms with Crippen LogP contribution in [0.1, 0.15) is 84.0 Å². The molecule has 142 valence electrons. The third-order valence-corrected chi connectivity index (χ3v) is 11.9. The fourth-order valence-corrected chi connectivity index (χ4v) is 11.7. The van der Waals surface area contributed by atoms with Crippen molar-refractivity contribution in [3.05, 3.63) is 0 Å². The van der Waals surface area contributed by atoms with Gasteiger partial charge in [-0.25, -0.2) is 0 Å².